The van der Waals surface area contributed by atoms with Gasteiger partial charge < -0.3 is 15.4 Å². The highest BCUT2D eigenvalue weighted by molar-refractivity contribution is 6.13. The fourth-order valence-electron chi connectivity index (χ4n) is 4.14. The summed E-state index contributed by atoms with van der Waals surface area (Å²) in [7, 11) is 0. The van der Waals surface area contributed by atoms with E-state index in [1.807, 2.05) is 20.8 Å². The maximum Gasteiger partial charge on any atom is 0.273 e. The zero-order valence-electron chi connectivity index (χ0n) is 20.5. The van der Waals surface area contributed by atoms with Crippen LogP contribution >= 0.6 is 0 Å². The van der Waals surface area contributed by atoms with Gasteiger partial charge in [-0.2, -0.15) is 10.2 Å². The normalized spacial score (nSPS) is 11.4. The number of aromatic nitrogens is 5. The van der Waals surface area contributed by atoms with Gasteiger partial charge in [0.2, 0.25) is 0 Å². The number of ketones is 1. The van der Waals surface area contributed by atoms with Crippen molar-refractivity contribution in [3.05, 3.63) is 88.4 Å². The monoisotopic (exact) mass is 495 g/mol. The number of aromatic hydroxyl groups is 1. The molecule has 0 aliphatic rings. The van der Waals surface area contributed by atoms with Crippen LogP contribution in [-0.2, 0) is 6.54 Å². The average Bonchev–Trinajstić information content (AvgIpc) is 3.57. The van der Waals surface area contributed by atoms with Crippen LogP contribution in [0.1, 0.15) is 50.3 Å². The molecule has 2 aromatic carbocycles. The molecule has 3 aromatic heterocycles. The summed E-state index contributed by atoms with van der Waals surface area (Å²) < 4.78 is 1.63. The summed E-state index contributed by atoms with van der Waals surface area (Å²) >= 11 is 0. The zero-order valence-corrected chi connectivity index (χ0v) is 20.5. The Balaban J connectivity index is 1.41. The summed E-state index contributed by atoms with van der Waals surface area (Å²) in [6, 6.07) is 15.4. The molecule has 5 rings (SSSR count). The number of rotatable bonds is 7. The second-order valence-corrected chi connectivity index (χ2v) is 8.67. The minimum atomic E-state index is -0.299. The summed E-state index contributed by atoms with van der Waals surface area (Å²) in [5.41, 5.74) is 4.54. The van der Waals surface area contributed by atoms with Crippen molar-refractivity contribution in [2.24, 2.45) is 4.99 Å². The van der Waals surface area contributed by atoms with Gasteiger partial charge in [-0.15, -0.1) is 0 Å². The maximum absolute atomic E-state index is 13.4. The zero-order chi connectivity index (χ0) is 26.1. The second kappa shape index (κ2) is 9.57. The molecule has 0 bridgehead atoms. The van der Waals surface area contributed by atoms with E-state index in [2.05, 4.69) is 30.6 Å². The number of carbonyl (C=O) groups excluding carboxylic acids is 2. The number of hydrogen-bond acceptors (Lipinski definition) is 6. The first-order valence-corrected chi connectivity index (χ1v) is 11.7. The number of aryl methyl sites for hydroxylation is 3. The molecule has 5 aromatic rings. The molecule has 37 heavy (non-hydrogen) atoms. The van der Waals surface area contributed by atoms with Gasteiger partial charge in [-0.25, -0.2) is 4.99 Å². The fraction of sp³-hybridized carbons (Fsp3) is 0.148. The van der Waals surface area contributed by atoms with Crippen molar-refractivity contribution in [3.63, 3.8) is 0 Å². The smallest absolute Gasteiger partial charge is 0.273 e. The first kappa shape index (κ1) is 23.7. The number of benzene rings is 2. The minimum absolute atomic E-state index is 0.0538. The molecule has 10 nitrogen and oxygen atoms in total. The highest BCUT2D eigenvalue weighted by Crippen LogP contribution is 2.28. The quantitative estimate of drug-likeness (QED) is 0.192. The predicted molar refractivity (Wildman–Crippen MR) is 141 cm³/mol. The van der Waals surface area contributed by atoms with Gasteiger partial charge in [0.25, 0.3) is 5.91 Å². The molecule has 0 aliphatic carbocycles. The van der Waals surface area contributed by atoms with Gasteiger partial charge in [-0.1, -0.05) is 12.1 Å². The third-order valence-corrected chi connectivity index (χ3v) is 5.92. The van der Waals surface area contributed by atoms with Gasteiger partial charge in [0, 0.05) is 52.2 Å². The topological polar surface area (TPSA) is 141 Å². The van der Waals surface area contributed by atoms with E-state index in [-0.39, 0.29) is 17.6 Å². The van der Waals surface area contributed by atoms with Gasteiger partial charge >= 0.3 is 0 Å². The van der Waals surface area contributed by atoms with E-state index in [4.69, 9.17) is 0 Å². The Morgan fingerprint density at radius 3 is 2.68 bits per heavy atom. The summed E-state index contributed by atoms with van der Waals surface area (Å²) in [5, 5.41) is 25.1. The molecular weight excluding hydrogens is 470 g/mol. The second-order valence-electron chi connectivity index (χ2n) is 8.67. The molecular formula is C27H25N7O3. The van der Waals surface area contributed by atoms with Crippen molar-refractivity contribution >= 4 is 40.3 Å². The molecule has 0 unspecified atom stereocenters. The van der Waals surface area contributed by atoms with Crippen LogP contribution in [0.5, 0.6) is 5.88 Å². The van der Waals surface area contributed by atoms with Crippen LogP contribution in [0.4, 0.5) is 11.5 Å². The van der Waals surface area contributed by atoms with Crippen LogP contribution in [-0.4, -0.2) is 48.0 Å². The van der Waals surface area contributed by atoms with E-state index in [0.717, 1.165) is 11.4 Å². The van der Waals surface area contributed by atoms with Crippen molar-refractivity contribution < 1.29 is 14.7 Å². The number of nitrogens with zero attached hydrogens (tertiary/aromatic N) is 4. The third kappa shape index (κ3) is 4.76. The largest absolute Gasteiger partial charge is 0.494 e. The Morgan fingerprint density at radius 1 is 1.11 bits per heavy atom. The van der Waals surface area contributed by atoms with Crippen LogP contribution in [0.25, 0.3) is 10.9 Å². The Labute approximate surface area is 212 Å². The van der Waals surface area contributed by atoms with E-state index < -0.39 is 0 Å². The number of aromatic amines is 2. The van der Waals surface area contributed by atoms with Crippen LogP contribution in [0, 0.1) is 13.8 Å². The lowest BCUT2D eigenvalue weighted by Crippen LogP contribution is -2.17. The maximum atomic E-state index is 13.4. The molecule has 1 amide bonds. The van der Waals surface area contributed by atoms with Crippen LogP contribution < -0.4 is 5.32 Å². The Morgan fingerprint density at radius 2 is 1.92 bits per heavy atom. The Kier molecular flexibility index (Phi) is 6.14. The summed E-state index contributed by atoms with van der Waals surface area (Å²) in [4.78, 5) is 33.4. The fourth-order valence-corrected chi connectivity index (χ4v) is 4.14. The molecule has 0 spiro atoms. The molecule has 3 heterocycles. The Hall–Kier alpha value is -4.99. The first-order chi connectivity index (χ1) is 17.8. The lowest BCUT2D eigenvalue weighted by Gasteiger charge is -2.08. The molecule has 4 N–H and O–H groups in total. The highest BCUT2D eigenvalue weighted by Gasteiger charge is 2.17. The predicted octanol–water partition coefficient (Wildman–Crippen LogP) is 4.66. The molecule has 0 fully saturated rings. The number of carbonyl (C=O) groups is 2. The molecule has 0 aliphatic heterocycles. The van der Waals surface area contributed by atoms with Crippen molar-refractivity contribution in [2.45, 2.75) is 27.3 Å². The van der Waals surface area contributed by atoms with Crippen LogP contribution in [0.2, 0.25) is 0 Å². The van der Waals surface area contributed by atoms with Gasteiger partial charge in [0.1, 0.15) is 5.69 Å². The van der Waals surface area contributed by atoms with E-state index in [9.17, 15) is 14.7 Å². The number of nitrogens with one attached hydrogen (secondary N) is 3. The summed E-state index contributed by atoms with van der Waals surface area (Å²) in [5.74, 6) is -0.0948. The molecule has 0 saturated heterocycles. The van der Waals surface area contributed by atoms with Gasteiger partial charge in [0.15, 0.2) is 17.5 Å². The van der Waals surface area contributed by atoms with Crippen molar-refractivity contribution in [3.8, 4) is 5.88 Å². The molecule has 0 radical (unpaired) electrons. The van der Waals surface area contributed by atoms with E-state index in [0.29, 0.717) is 51.3 Å². The van der Waals surface area contributed by atoms with Gasteiger partial charge in [0.05, 0.1) is 11.3 Å². The van der Waals surface area contributed by atoms with E-state index in [1.54, 1.807) is 59.3 Å². The number of anilines is 1. The number of amides is 1. The van der Waals surface area contributed by atoms with E-state index >= 15 is 0 Å². The van der Waals surface area contributed by atoms with Gasteiger partial charge in [-0.3, -0.25) is 19.4 Å². The molecule has 10 heteroatoms. The Bertz CT molecular complexity index is 1670. The lowest BCUT2D eigenvalue weighted by molar-refractivity contribution is 0.101. The summed E-state index contributed by atoms with van der Waals surface area (Å²) in [6.07, 6.45) is 1.51. The highest BCUT2D eigenvalue weighted by atomic mass is 16.3. The van der Waals surface area contributed by atoms with E-state index in [1.165, 1.54) is 6.21 Å². The first-order valence-electron chi connectivity index (χ1n) is 11.7. The number of fused-ring (bicyclic) bond motifs is 1. The minimum Gasteiger partial charge on any atom is -0.494 e. The van der Waals surface area contributed by atoms with Crippen LogP contribution in [0.15, 0.2) is 59.6 Å². The molecule has 0 atom stereocenters. The molecule has 0 saturated carbocycles. The summed E-state index contributed by atoms with van der Waals surface area (Å²) in [6.45, 7) is 6.19. The third-order valence-electron chi connectivity index (χ3n) is 5.92. The number of H-pyrrole nitrogens is 2. The average molecular weight is 496 g/mol. The number of aliphatic imine (C=N–C) groups is 1. The van der Waals surface area contributed by atoms with Crippen molar-refractivity contribution in [1.82, 2.24) is 25.0 Å². The SMILES string of the molecule is CCn1nc(C)cc1C(=O)Nc1cccc(C(=O)c2ccc3[nH]c(O)c(C=Nc4cc(C)[nH]n4)c3c2)c1. The van der Waals surface area contributed by atoms with Crippen LogP contribution in [0.3, 0.4) is 0 Å². The standard InChI is InChI=1S/C27H25N7O3/c1-4-34-23(10-16(3)33-34)27(37)29-19-7-5-6-17(12-19)25(35)18-8-9-22-20(13-18)21(26(36)30-22)14-28-24-11-15(2)31-32-24/h5-14,30,36H,4H2,1-3H3,(H,29,37)(H,31,32). The van der Waals surface area contributed by atoms with Crippen molar-refractivity contribution in [2.75, 3.05) is 5.32 Å². The molecule has 186 valence electrons. The van der Waals surface area contributed by atoms with Crippen molar-refractivity contribution in [1.29, 1.82) is 0 Å². The van der Waals surface area contributed by atoms with Gasteiger partial charge in [-0.05, 0) is 57.2 Å². The number of hydrogen-bond donors (Lipinski definition) is 4. The lowest BCUT2D eigenvalue weighted by atomic mass is 10.0.